The average Bonchev–Trinajstić information content (AvgIpc) is 2.63. The maximum atomic E-state index is 12.6. The quantitative estimate of drug-likeness (QED) is 0.491. The summed E-state index contributed by atoms with van der Waals surface area (Å²) in [6.45, 7) is 3.88. The van der Waals surface area contributed by atoms with Gasteiger partial charge in [-0.15, -0.1) is 0 Å². The molecule has 0 saturated heterocycles. The van der Waals surface area contributed by atoms with Crippen molar-refractivity contribution in [3.63, 3.8) is 0 Å². The summed E-state index contributed by atoms with van der Waals surface area (Å²) < 4.78 is 6.91. The van der Waals surface area contributed by atoms with Crippen LogP contribution in [0.2, 0.25) is 0 Å². The van der Waals surface area contributed by atoms with Crippen LogP contribution in [0.3, 0.4) is 0 Å². The van der Waals surface area contributed by atoms with Crippen LogP contribution < -0.4 is 10.9 Å². The second-order valence-electron chi connectivity index (χ2n) is 6.31. The Morgan fingerprint density at radius 3 is 2.81 bits per heavy atom. The highest BCUT2D eigenvalue weighted by atomic mass is 32.1. The van der Waals surface area contributed by atoms with Gasteiger partial charge in [0.2, 0.25) is 0 Å². The summed E-state index contributed by atoms with van der Waals surface area (Å²) in [7, 11) is 1.63. The molecular formula is C19H27N3O3S. The van der Waals surface area contributed by atoms with Gasteiger partial charge in [0.1, 0.15) is 0 Å². The topological polar surface area (TPSA) is 76.1 Å². The number of aromatic nitrogens is 2. The molecule has 1 amide bonds. The molecule has 7 heteroatoms. The van der Waals surface area contributed by atoms with Crippen LogP contribution in [0, 0.1) is 4.77 Å². The lowest BCUT2D eigenvalue weighted by Crippen LogP contribution is -2.25. The van der Waals surface area contributed by atoms with Crippen molar-refractivity contribution in [2.24, 2.45) is 0 Å². The molecule has 1 heterocycles. The van der Waals surface area contributed by atoms with E-state index in [1.165, 1.54) is 17.4 Å². The van der Waals surface area contributed by atoms with E-state index in [0.29, 0.717) is 47.4 Å². The lowest BCUT2D eigenvalue weighted by molar-refractivity contribution is 0.0953. The molecule has 0 aliphatic heterocycles. The number of rotatable bonds is 10. The van der Waals surface area contributed by atoms with Crippen LogP contribution in [0.15, 0.2) is 23.0 Å². The van der Waals surface area contributed by atoms with Crippen LogP contribution in [0.1, 0.15) is 49.4 Å². The minimum absolute atomic E-state index is 0.132. The third kappa shape index (κ3) is 5.25. The number of hydrogen-bond donors (Lipinski definition) is 2. The average molecular weight is 378 g/mol. The lowest BCUT2D eigenvalue weighted by Gasteiger charge is -2.09. The van der Waals surface area contributed by atoms with Gasteiger partial charge in [-0.3, -0.25) is 14.2 Å². The molecule has 26 heavy (non-hydrogen) atoms. The first kappa shape index (κ1) is 20.3. The predicted octanol–water partition coefficient (Wildman–Crippen LogP) is 3.41. The minimum Gasteiger partial charge on any atom is -0.385 e. The van der Waals surface area contributed by atoms with Gasteiger partial charge < -0.3 is 15.0 Å². The Bertz CT molecular complexity index is 857. The highest BCUT2D eigenvalue weighted by Crippen LogP contribution is 2.11. The van der Waals surface area contributed by atoms with Gasteiger partial charge in [0, 0.05) is 32.4 Å². The Morgan fingerprint density at radius 2 is 2.08 bits per heavy atom. The highest BCUT2D eigenvalue weighted by Gasteiger charge is 2.10. The number of aromatic amines is 1. The van der Waals surface area contributed by atoms with Gasteiger partial charge in [-0.2, -0.15) is 0 Å². The zero-order valence-corrected chi connectivity index (χ0v) is 16.3. The van der Waals surface area contributed by atoms with Crippen LogP contribution >= 0.6 is 12.2 Å². The summed E-state index contributed by atoms with van der Waals surface area (Å²) in [5.74, 6) is -0.132. The summed E-state index contributed by atoms with van der Waals surface area (Å²) >= 11 is 5.30. The Balaban J connectivity index is 2.15. The van der Waals surface area contributed by atoms with Gasteiger partial charge in [0.15, 0.2) is 4.77 Å². The Morgan fingerprint density at radius 1 is 1.27 bits per heavy atom. The number of benzene rings is 1. The molecule has 0 saturated carbocycles. The maximum Gasteiger partial charge on any atom is 0.262 e. The van der Waals surface area contributed by atoms with Gasteiger partial charge in [-0.1, -0.05) is 26.2 Å². The smallest absolute Gasteiger partial charge is 0.262 e. The van der Waals surface area contributed by atoms with Gasteiger partial charge in [0.25, 0.3) is 11.5 Å². The number of nitrogens with zero attached hydrogens (tertiary/aromatic N) is 1. The van der Waals surface area contributed by atoms with E-state index in [0.717, 1.165) is 12.8 Å². The number of carbonyl (C=O) groups is 1. The number of methoxy groups -OCH3 is 1. The van der Waals surface area contributed by atoms with E-state index in [9.17, 15) is 9.59 Å². The zero-order valence-electron chi connectivity index (χ0n) is 15.5. The second kappa shape index (κ2) is 10.2. The van der Waals surface area contributed by atoms with Crippen molar-refractivity contribution in [2.75, 3.05) is 20.3 Å². The van der Waals surface area contributed by atoms with Crippen molar-refractivity contribution in [2.45, 2.75) is 45.6 Å². The molecule has 2 N–H and O–H groups in total. The molecule has 0 atom stereocenters. The van der Waals surface area contributed by atoms with Crippen LogP contribution in [-0.4, -0.2) is 35.7 Å². The summed E-state index contributed by atoms with van der Waals surface area (Å²) in [6, 6.07) is 5.05. The van der Waals surface area contributed by atoms with Crippen LogP contribution in [0.25, 0.3) is 10.9 Å². The molecule has 0 radical (unpaired) electrons. The molecule has 1 aromatic heterocycles. The van der Waals surface area contributed by atoms with Gasteiger partial charge in [0.05, 0.1) is 10.9 Å². The first-order valence-electron chi connectivity index (χ1n) is 9.12. The molecule has 2 aromatic rings. The van der Waals surface area contributed by atoms with Gasteiger partial charge >= 0.3 is 0 Å². The highest BCUT2D eigenvalue weighted by molar-refractivity contribution is 7.71. The fraction of sp³-hybridized carbons (Fsp3) is 0.526. The standard InChI is InChI=1S/C19H27N3O3S/c1-3-4-5-6-10-20-17(23)14-8-9-15-16(13-14)21-19(26)22(18(15)24)11-7-12-25-2/h8-9,13H,3-7,10-12H2,1-2H3,(H,20,23)(H,21,26). The molecule has 142 valence electrons. The molecule has 2 rings (SSSR count). The number of amides is 1. The zero-order chi connectivity index (χ0) is 18.9. The number of unbranched alkanes of at least 4 members (excludes halogenated alkanes) is 3. The first-order chi connectivity index (χ1) is 12.6. The third-order valence-corrected chi connectivity index (χ3v) is 4.61. The summed E-state index contributed by atoms with van der Waals surface area (Å²) in [4.78, 5) is 28.0. The number of H-pyrrole nitrogens is 1. The monoisotopic (exact) mass is 377 g/mol. The third-order valence-electron chi connectivity index (χ3n) is 4.29. The van der Waals surface area contributed by atoms with E-state index in [1.807, 2.05) is 0 Å². The fourth-order valence-electron chi connectivity index (χ4n) is 2.82. The van der Waals surface area contributed by atoms with Crippen molar-refractivity contribution in [1.29, 1.82) is 0 Å². The number of fused-ring (bicyclic) bond motifs is 1. The summed E-state index contributed by atoms with van der Waals surface area (Å²) in [6.07, 6.45) is 5.14. The number of carbonyl (C=O) groups excluding carboxylic acids is 1. The van der Waals surface area contributed by atoms with E-state index in [-0.39, 0.29) is 11.5 Å². The van der Waals surface area contributed by atoms with Crippen LogP contribution in [0.4, 0.5) is 0 Å². The van der Waals surface area contributed by atoms with Crippen molar-refractivity contribution in [3.8, 4) is 0 Å². The Kier molecular flexibility index (Phi) is 8.00. The Hall–Kier alpha value is -1.99. The number of hydrogen-bond acceptors (Lipinski definition) is 4. The molecule has 0 spiro atoms. The largest absolute Gasteiger partial charge is 0.385 e. The van der Waals surface area contributed by atoms with Crippen molar-refractivity contribution >= 4 is 29.0 Å². The first-order valence-corrected chi connectivity index (χ1v) is 9.53. The summed E-state index contributed by atoms with van der Waals surface area (Å²) in [5.41, 5.74) is 0.961. The second-order valence-corrected chi connectivity index (χ2v) is 6.70. The van der Waals surface area contributed by atoms with Gasteiger partial charge in [-0.25, -0.2) is 0 Å². The molecule has 0 bridgehead atoms. The SMILES string of the molecule is CCCCCCNC(=O)c1ccc2c(=O)n(CCCOC)c(=S)[nH]c2c1. The maximum absolute atomic E-state index is 12.6. The number of ether oxygens (including phenoxy) is 1. The number of nitrogens with one attached hydrogen (secondary N) is 2. The van der Waals surface area contributed by atoms with E-state index in [4.69, 9.17) is 17.0 Å². The molecule has 0 aliphatic carbocycles. The normalized spacial score (nSPS) is 11.0. The summed E-state index contributed by atoms with van der Waals surface area (Å²) in [5, 5.41) is 3.45. The Labute approximate surface area is 158 Å². The molecular weight excluding hydrogens is 350 g/mol. The predicted molar refractivity (Wildman–Crippen MR) is 106 cm³/mol. The molecule has 1 aromatic carbocycles. The minimum atomic E-state index is -0.147. The van der Waals surface area contributed by atoms with Crippen molar-refractivity contribution in [1.82, 2.24) is 14.9 Å². The van der Waals surface area contributed by atoms with Crippen molar-refractivity contribution < 1.29 is 9.53 Å². The lowest BCUT2D eigenvalue weighted by atomic mass is 10.1. The van der Waals surface area contributed by atoms with E-state index < -0.39 is 0 Å². The van der Waals surface area contributed by atoms with Crippen LogP contribution in [0.5, 0.6) is 0 Å². The molecule has 0 unspecified atom stereocenters. The molecule has 0 aliphatic rings. The van der Waals surface area contributed by atoms with Gasteiger partial charge in [-0.05, 0) is 43.3 Å². The van der Waals surface area contributed by atoms with E-state index >= 15 is 0 Å². The molecule has 0 fully saturated rings. The molecule has 6 nitrogen and oxygen atoms in total. The van der Waals surface area contributed by atoms with Crippen LogP contribution in [-0.2, 0) is 11.3 Å². The van der Waals surface area contributed by atoms with Crippen molar-refractivity contribution in [3.05, 3.63) is 38.9 Å². The fourth-order valence-corrected chi connectivity index (χ4v) is 3.11. The van der Waals surface area contributed by atoms with E-state index in [2.05, 4.69) is 17.2 Å². The van der Waals surface area contributed by atoms with E-state index in [1.54, 1.807) is 25.3 Å².